The SMILES string of the molecule is C=C(C)C(=O)Sc1ccc(C=Cc2ccc(SC(=O)C(=C)C)cc2)cc1. The molecule has 0 aromatic heterocycles. The first-order chi connectivity index (χ1) is 12.3. The third-order valence-electron chi connectivity index (χ3n) is 3.35. The standard InChI is InChI=1S/C22H20O2S2/c1-15(2)21(23)25-19-11-7-17(8-12-19)5-6-18-9-13-20(14-10-18)26-22(24)16(3)4/h5-14H,1,3H2,2,4H3. The highest BCUT2D eigenvalue weighted by Crippen LogP contribution is 2.24. The number of hydrogen-bond donors (Lipinski definition) is 0. The molecule has 0 spiro atoms. The second-order valence-corrected chi connectivity index (χ2v) is 7.90. The van der Waals surface area contributed by atoms with E-state index in [0.29, 0.717) is 11.1 Å². The van der Waals surface area contributed by atoms with Gasteiger partial charge in [0.25, 0.3) is 0 Å². The fraction of sp³-hybridized carbons (Fsp3) is 0.0909. The molecule has 132 valence electrons. The highest BCUT2D eigenvalue weighted by atomic mass is 32.2. The molecule has 0 aliphatic rings. The van der Waals surface area contributed by atoms with Gasteiger partial charge in [0.05, 0.1) is 0 Å². The summed E-state index contributed by atoms with van der Waals surface area (Å²) in [7, 11) is 0. The highest BCUT2D eigenvalue weighted by Gasteiger charge is 2.05. The fourth-order valence-electron chi connectivity index (χ4n) is 1.87. The summed E-state index contributed by atoms with van der Waals surface area (Å²) in [5, 5.41) is -0.0345. The van der Waals surface area contributed by atoms with Gasteiger partial charge in [-0.1, -0.05) is 49.6 Å². The van der Waals surface area contributed by atoms with Crippen LogP contribution >= 0.6 is 23.5 Å². The minimum atomic E-state index is -0.0172. The van der Waals surface area contributed by atoms with Gasteiger partial charge in [-0.25, -0.2) is 0 Å². The van der Waals surface area contributed by atoms with Crippen molar-refractivity contribution in [2.45, 2.75) is 23.6 Å². The Kier molecular flexibility index (Phi) is 7.25. The van der Waals surface area contributed by atoms with Gasteiger partial charge in [0, 0.05) is 9.79 Å². The Labute approximate surface area is 163 Å². The number of thioether (sulfide) groups is 2. The van der Waals surface area contributed by atoms with Crippen molar-refractivity contribution in [2.75, 3.05) is 0 Å². The zero-order valence-corrected chi connectivity index (χ0v) is 16.5. The van der Waals surface area contributed by atoms with E-state index in [4.69, 9.17) is 0 Å². The molecule has 2 nitrogen and oxygen atoms in total. The van der Waals surface area contributed by atoms with E-state index in [9.17, 15) is 9.59 Å². The lowest BCUT2D eigenvalue weighted by molar-refractivity contribution is -0.108. The van der Waals surface area contributed by atoms with Gasteiger partial charge in [0.2, 0.25) is 10.2 Å². The molecule has 26 heavy (non-hydrogen) atoms. The fourth-order valence-corrected chi connectivity index (χ4v) is 3.20. The molecule has 0 unspecified atom stereocenters. The van der Waals surface area contributed by atoms with Gasteiger partial charge in [-0.15, -0.1) is 0 Å². The van der Waals surface area contributed by atoms with Gasteiger partial charge in [0.15, 0.2) is 0 Å². The first-order valence-corrected chi connectivity index (χ1v) is 9.62. The van der Waals surface area contributed by atoms with Crippen LogP contribution in [0.4, 0.5) is 0 Å². The van der Waals surface area contributed by atoms with Crippen LogP contribution in [-0.2, 0) is 9.59 Å². The Bertz CT molecular complexity index is 787. The van der Waals surface area contributed by atoms with Crippen molar-refractivity contribution in [2.24, 2.45) is 0 Å². The monoisotopic (exact) mass is 380 g/mol. The summed E-state index contributed by atoms with van der Waals surface area (Å²) in [5.74, 6) is 0. The van der Waals surface area contributed by atoms with Gasteiger partial charge in [-0.2, -0.15) is 0 Å². The molecule has 0 bridgehead atoms. The summed E-state index contributed by atoms with van der Waals surface area (Å²) >= 11 is 2.37. The molecule has 2 rings (SSSR count). The minimum absolute atomic E-state index is 0.0172. The molecule has 2 aromatic rings. The van der Waals surface area contributed by atoms with E-state index in [1.165, 1.54) is 23.5 Å². The van der Waals surface area contributed by atoms with Crippen molar-refractivity contribution < 1.29 is 9.59 Å². The Balaban J connectivity index is 1.98. The van der Waals surface area contributed by atoms with E-state index < -0.39 is 0 Å². The molecular weight excluding hydrogens is 360 g/mol. The van der Waals surface area contributed by atoms with E-state index in [2.05, 4.69) is 13.2 Å². The number of hydrogen-bond acceptors (Lipinski definition) is 4. The van der Waals surface area contributed by atoms with Gasteiger partial charge in [-0.3, -0.25) is 9.59 Å². The molecule has 0 saturated heterocycles. The van der Waals surface area contributed by atoms with Gasteiger partial charge in [0.1, 0.15) is 0 Å². The first-order valence-electron chi connectivity index (χ1n) is 7.99. The second kappa shape index (κ2) is 9.41. The quantitative estimate of drug-likeness (QED) is 0.337. The normalized spacial score (nSPS) is 10.7. The molecule has 0 atom stereocenters. The number of carbonyl (C=O) groups excluding carboxylic acids is 2. The summed E-state index contributed by atoms with van der Waals surface area (Å²) < 4.78 is 0. The lowest BCUT2D eigenvalue weighted by Gasteiger charge is -2.02. The van der Waals surface area contributed by atoms with Gasteiger partial charge >= 0.3 is 0 Å². The summed E-state index contributed by atoms with van der Waals surface area (Å²) in [4.78, 5) is 25.1. The first kappa shape index (κ1) is 20.0. The number of rotatable bonds is 6. The zero-order valence-electron chi connectivity index (χ0n) is 14.8. The molecule has 0 amide bonds. The predicted octanol–water partition coefficient (Wildman–Crippen LogP) is 6.25. The van der Waals surface area contributed by atoms with Gasteiger partial charge in [-0.05, 0) is 83.9 Å². The molecule has 0 heterocycles. The highest BCUT2D eigenvalue weighted by molar-refractivity contribution is 8.14. The predicted molar refractivity (Wildman–Crippen MR) is 113 cm³/mol. The Morgan fingerprint density at radius 2 is 1.00 bits per heavy atom. The molecule has 0 radical (unpaired) electrons. The van der Waals surface area contributed by atoms with E-state index in [-0.39, 0.29) is 10.2 Å². The van der Waals surface area contributed by atoms with Crippen LogP contribution < -0.4 is 0 Å². The molecule has 0 saturated carbocycles. The molecule has 2 aromatic carbocycles. The van der Waals surface area contributed by atoms with Crippen LogP contribution in [0.1, 0.15) is 25.0 Å². The van der Waals surface area contributed by atoms with Crippen molar-refractivity contribution in [1.29, 1.82) is 0 Å². The van der Waals surface area contributed by atoms with Crippen molar-refractivity contribution in [1.82, 2.24) is 0 Å². The Morgan fingerprint density at radius 3 is 1.27 bits per heavy atom. The van der Waals surface area contributed by atoms with Crippen molar-refractivity contribution in [3.63, 3.8) is 0 Å². The average Bonchev–Trinajstić information content (AvgIpc) is 2.62. The molecular formula is C22H20O2S2. The summed E-state index contributed by atoms with van der Waals surface area (Å²) in [6.45, 7) is 10.7. The number of carbonyl (C=O) groups is 2. The van der Waals surface area contributed by atoms with E-state index in [1.807, 2.05) is 60.7 Å². The number of benzene rings is 2. The van der Waals surface area contributed by atoms with Crippen LogP contribution in [0.25, 0.3) is 12.2 Å². The van der Waals surface area contributed by atoms with Crippen LogP contribution in [0.15, 0.2) is 82.6 Å². The van der Waals surface area contributed by atoms with Crippen LogP contribution in [0.2, 0.25) is 0 Å². The van der Waals surface area contributed by atoms with Gasteiger partial charge < -0.3 is 0 Å². The molecule has 4 heteroatoms. The molecule has 0 aliphatic heterocycles. The Hall–Kier alpha value is -2.30. The van der Waals surface area contributed by atoms with E-state index >= 15 is 0 Å². The maximum absolute atomic E-state index is 11.7. The topological polar surface area (TPSA) is 34.1 Å². The largest absolute Gasteiger partial charge is 0.282 e. The third-order valence-corrected chi connectivity index (χ3v) is 5.43. The summed E-state index contributed by atoms with van der Waals surface area (Å²) in [6, 6.07) is 15.6. The second-order valence-electron chi connectivity index (χ2n) is 5.81. The zero-order chi connectivity index (χ0) is 19.1. The minimum Gasteiger partial charge on any atom is -0.282 e. The smallest absolute Gasteiger partial charge is 0.219 e. The maximum atomic E-state index is 11.7. The van der Waals surface area contributed by atoms with Crippen molar-refractivity contribution >= 4 is 45.9 Å². The lowest BCUT2D eigenvalue weighted by Crippen LogP contribution is -1.90. The molecule has 0 fully saturated rings. The van der Waals surface area contributed by atoms with Crippen LogP contribution in [0.5, 0.6) is 0 Å². The van der Waals surface area contributed by atoms with Crippen LogP contribution in [-0.4, -0.2) is 10.2 Å². The summed E-state index contributed by atoms with van der Waals surface area (Å²) in [5.41, 5.74) is 3.19. The average molecular weight is 381 g/mol. The van der Waals surface area contributed by atoms with E-state index in [1.54, 1.807) is 13.8 Å². The van der Waals surface area contributed by atoms with Crippen molar-refractivity contribution in [3.8, 4) is 0 Å². The molecule has 0 aliphatic carbocycles. The van der Waals surface area contributed by atoms with Crippen molar-refractivity contribution in [3.05, 3.63) is 84.0 Å². The van der Waals surface area contributed by atoms with E-state index in [0.717, 1.165) is 20.9 Å². The summed E-state index contributed by atoms with van der Waals surface area (Å²) in [6.07, 6.45) is 4.02. The van der Waals surface area contributed by atoms with Crippen LogP contribution in [0, 0.1) is 0 Å². The third kappa shape index (κ3) is 6.21. The Morgan fingerprint density at radius 1 is 0.692 bits per heavy atom. The van der Waals surface area contributed by atoms with Crippen LogP contribution in [0.3, 0.4) is 0 Å². The molecule has 0 N–H and O–H groups in total. The maximum Gasteiger partial charge on any atom is 0.219 e. The lowest BCUT2D eigenvalue weighted by atomic mass is 10.1.